The predicted molar refractivity (Wildman–Crippen MR) is 113 cm³/mol. The monoisotopic (exact) mass is 466 g/mol. The highest BCUT2D eigenvalue weighted by atomic mass is 35.5. The van der Waals surface area contributed by atoms with E-state index in [1.807, 2.05) is 0 Å². The molecular formula is C23H21ClF2O6. The number of aliphatic hydroxyl groups excluding tert-OH is 4. The van der Waals surface area contributed by atoms with Crippen LogP contribution in [0.2, 0.25) is 5.02 Å². The van der Waals surface area contributed by atoms with E-state index in [9.17, 15) is 29.2 Å². The smallest absolute Gasteiger partial charge is 0.190 e. The third-order valence-electron chi connectivity index (χ3n) is 5.64. The van der Waals surface area contributed by atoms with E-state index in [1.165, 1.54) is 7.11 Å². The Kier molecular flexibility index (Phi) is 6.35. The van der Waals surface area contributed by atoms with Crippen LogP contribution >= 0.6 is 11.6 Å². The van der Waals surface area contributed by atoms with Crippen molar-refractivity contribution in [2.75, 3.05) is 7.11 Å². The van der Waals surface area contributed by atoms with Gasteiger partial charge in [0.1, 0.15) is 24.4 Å². The van der Waals surface area contributed by atoms with Crippen LogP contribution in [0.1, 0.15) is 22.8 Å². The molecule has 1 heterocycles. The average molecular weight is 467 g/mol. The highest BCUT2D eigenvalue weighted by molar-refractivity contribution is 6.36. The normalized spacial score (nSPS) is 25.8. The van der Waals surface area contributed by atoms with E-state index in [0.29, 0.717) is 32.5 Å². The summed E-state index contributed by atoms with van der Waals surface area (Å²) in [5.41, 5.74) is 1.17. The fraction of sp³-hybridized carbons (Fsp3) is 0.304. The van der Waals surface area contributed by atoms with Crippen LogP contribution in [0.15, 0.2) is 42.5 Å². The molecule has 6 nitrogen and oxygen atoms in total. The first kappa shape index (κ1) is 22.8. The van der Waals surface area contributed by atoms with Crippen molar-refractivity contribution in [2.45, 2.75) is 37.1 Å². The van der Waals surface area contributed by atoms with Crippen LogP contribution in [0.5, 0.6) is 5.75 Å². The maximum Gasteiger partial charge on any atom is 0.190 e. The fourth-order valence-electron chi connectivity index (χ4n) is 4.04. The van der Waals surface area contributed by atoms with Crippen molar-refractivity contribution in [1.29, 1.82) is 0 Å². The maximum atomic E-state index is 14.2. The Labute approximate surface area is 187 Å². The summed E-state index contributed by atoms with van der Waals surface area (Å²) in [6, 6.07) is 10.8. The van der Waals surface area contributed by atoms with Crippen LogP contribution in [0.25, 0.3) is 10.8 Å². The van der Waals surface area contributed by atoms with Gasteiger partial charge < -0.3 is 29.9 Å². The molecule has 1 saturated heterocycles. The number of rotatable bonds is 4. The van der Waals surface area contributed by atoms with Gasteiger partial charge in [0.25, 0.3) is 0 Å². The molecule has 1 aliphatic rings. The zero-order valence-electron chi connectivity index (χ0n) is 16.9. The molecule has 5 atom stereocenters. The zero-order chi connectivity index (χ0) is 23.2. The van der Waals surface area contributed by atoms with Gasteiger partial charge in [0.15, 0.2) is 23.7 Å². The fourth-order valence-corrected chi connectivity index (χ4v) is 4.33. The van der Waals surface area contributed by atoms with Crippen molar-refractivity contribution in [3.63, 3.8) is 0 Å². The van der Waals surface area contributed by atoms with Gasteiger partial charge in [0.05, 0.1) is 12.1 Å². The molecule has 0 amide bonds. The van der Waals surface area contributed by atoms with Gasteiger partial charge in [0, 0.05) is 5.39 Å². The molecule has 1 fully saturated rings. The van der Waals surface area contributed by atoms with E-state index < -0.39 is 48.1 Å². The molecule has 1 aliphatic heterocycles. The number of ether oxygens (including phenoxy) is 2. The van der Waals surface area contributed by atoms with Gasteiger partial charge >= 0.3 is 0 Å². The first-order valence-corrected chi connectivity index (χ1v) is 10.2. The molecule has 0 aromatic heterocycles. The lowest BCUT2D eigenvalue weighted by atomic mass is 9.88. The number of aliphatic hydroxyl groups is 4. The molecular weight excluding hydrogens is 446 g/mol. The number of hydrogen-bond donors (Lipinski definition) is 4. The van der Waals surface area contributed by atoms with Gasteiger partial charge in [-0.25, -0.2) is 8.78 Å². The SMILES string of the molecule is COc1c(F)cc(Cc2cc([C@@H]3O[C@H](O)[C@@H](O)[C@H](O)[C@H]3O)c3ccccc3c2Cl)cc1F. The van der Waals surface area contributed by atoms with Gasteiger partial charge in [-0.1, -0.05) is 41.9 Å². The van der Waals surface area contributed by atoms with Crippen LogP contribution in [-0.2, 0) is 11.2 Å². The summed E-state index contributed by atoms with van der Waals surface area (Å²) in [5.74, 6) is -2.20. The first-order chi connectivity index (χ1) is 15.2. The van der Waals surface area contributed by atoms with E-state index >= 15 is 0 Å². The van der Waals surface area contributed by atoms with E-state index in [0.717, 1.165) is 12.1 Å². The predicted octanol–water partition coefficient (Wildman–Crippen LogP) is 2.84. The van der Waals surface area contributed by atoms with Crippen LogP contribution < -0.4 is 4.74 Å². The maximum absolute atomic E-state index is 14.2. The van der Waals surface area contributed by atoms with Gasteiger partial charge in [0.2, 0.25) is 0 Å². The second kappa shape index (κ2) is 8.90. The van der Waals surface area contributed by atoms with Gasteiger partial charge in [-0.2, -0.15) is 0 Å². The summed E-state index contributed by atoms with van der Waals surface area (Å²) in [5, 5.41) is 41.9. The number of benzene rings is 3. The van der Waals surface area contributed by atoms with Crippen LogP contribution in [-0.4, -0.2) is 52.1 Å². The van der Waals surface area contributed by atoms with E-state index in [1.54, 1.807) is 30.3 Å². The Balaban J connectivity index is 1.83. The largest absolute Gasteiger partial charge is 0.491 e. The molecule has 0 spiro atoms. The summed E-state index contributed by atoms with van der Waals surface area (Å²) >= 11 is 6.60. The molecule has 170 valence electrons. The highest BCUT2D eigenvalue weighted by Crippen LogP contribution is 2.40. The molecule has 0 aliphatic carbocycles. The van der Waals surface area contributed by atoms with Gasteiger partial charge in [-0.15, -0.1) is 0 Å². The standard InChI is InChI=1S/C23H21ClF2O6/c1-31-22-15(25)7-10(8-16(22)26)6-11-9-14(12-4-2-3-5-13(12)17(11)24)21-19(28)18(27)20(29)23(30)32-21/h2-5,7-9,18-21,23,27-30H,6H2,1H3/t18-,19-,20+,21+,23+/m1/s1. The number of fused-ring (bicyclic) bond motifs is 1. The van der Waals surface area contributed by atoms with Crippen molar-refractivity contribution < 1.29 is 38.7 Å². The van der Waals surface area contributed by atoms with Gasteiger partial charge in [-0.05, 0) is 40.6 Å². The summed E-state index contributed by atoms with van der Waals surface area (Å²) in [7, 11) is 1.17. The average Bonchev–Trinajstić information content (AvgIpc) is 2.77. The number of halogens is 3. The van der Waals surface area contributed by atoms with Crippen molar-refractivity contribution in [3.05, 3.63) is 75.8 Å². The topological polar surface area (TPSA) is 99.4 Å². The zero-order valence-corrected chi connectivity index (χ0v) is 17.6. The van der Waals surface area contributed by atoms with Crippen molar-refractivity contribution in [2.24, 2.45) is 0 Å². The molecule has 0 saturated carbocycles. The molecule has 4 rings (SSSR count). The minimum Gasteiger partial charge on any atom is -0.491 e. The third kappa shape index (κ3) is 3.94. The molecule has 0 radical (unpaired) electrons. The number of hydrogen-bond acceptors (Lipinski definition) is 6. The molecule has 32 heavy (non-hydrogen) atoms. The minimum atomic E-state index is -1.72. The van der Waals surface area contributed by atoms with Crippen molar-refractivity contribution in [3.8, 4) is 5.75 Å². The first-order valence-electron chi connectivity index (χ1n) is 9.82. The molecule has 0 bridgehead atoms. The second-order valence-electron chi connectivity index (χ2n) is 7.67. The lowest BCUT2D eigenvalue weighted by molar-refractivity contribution is -0.284. The Morgan fingerprint density at radius 1 is 0.938 bits per heavy atom. The Bertz CT molecular complexity index is 1130. The Hall–Kier alpha value is -2.33. The summed E-state index contributed by atoms with van der Waals surface area (Å²) in [6.45, 7) is 0. The lowest BCUT2D eigenvalue weighted by Crippen LogP contribution is -2.54. The van der Waals surface area contributed by atoms with Gasteiger partial charge in [-0.3, -0.25) is 0 Å². The molecule has 0 unspecified atom stereocenters. The Morgan fingerprint density at radius 2 is 1.56 bits per heavy atom. The van der Waals surface area contributed by atoms with Crippen LogP contribution in [0, 0.1) is 11.6 Å². The van der Waals surface area contributed by atoms with Crippen LogP contribution in [0.3, 0.4) is 0 Å². The molecule has 4 N–H and O–H groups in total. The molecule has 3 aromatic carbocycles. The summed E-state index contributed by atoms with van der Waals surface area (Å²) in [6.07, 6.45) is -7.72. The van der Waals surface area contributed by atoms with Crippen molar-refractivity contribution in [1.82, 2.24) is 0 Å². The number of methoxy groups -OCH3 is 1. The van der Waals surface area contributed by atoms with Crippen molar-refractivity contribution >= 4 is 22.4 Å². The van der Waals surface area contributed by atoms with E-state index in [-0.39, 0.29) is 6.42 Å². The second-order valence-corrected chi connectivity index (χ2v) is 8.05. The minimum absolute atomic E-state index is 0.0467. The lowest BCUT2D eigenvalue weighted by Gasteiger charge is -2.39. The quantitative estimate of drug-likeness (QED) is 0.472. The Morgan fingerprint density at radius 3 is 2.19 bits per heavy atom. The summed E-state index contributed by atoms with van der Waals surface area (Å²) in [4.78, 5) is 0. The van der Waals surface area contributed by atoms with E-state index in [2.05, 4.69) is 0 Å². The third-order valence-corrected chi connectivity index (χ3v) is 6.08. The highest BCUT2D eigenvalue weighted by Gasteiger charge is 2.44. The van der Waals surface area contributed by atoms with E-state index in [4.69, 9.17) is 21.1 Å². The van der Waals surface area contributed by atoms with Crippen LogP contribution in [0.4, 0.5) is 8.78 Å². The molecule has 3 aromatic rings. The molecule has 9 heteroatoms. The summed E-state index contributed by atoms with van der Waals surface area (Å²) < 4.78 is 38.5.